The number of ether oxygens (including phenoxy) is 1. The highest BCUT2D eigenvalue weighted by Gasteiger charge is 2.05. The summed E-state index contributed by atoms with van der Waals surface area (Å²) >= 11 is 3.51. The van der Waals surface area contributed by atoms with E-state index in [1.165, 1.54) is 11.1 Å². The molecule has 3 heteroatoms. The van der Waals surface area contributed by atoms with Gasteiger partial charge in [-0.2, -0.15) is 0 Å². The van der Waals surface area contributed by atoms with Crippen LogP contribution in [0.3, 0.4) is 0 Å². The Morgan fingerprint density at radius 3 is 2.33 bits per heavy atom. The maximum absolute atomic E-state index is 8.88. The summed E-state index contributed by atoms with van der Waals surface area (Å²) in [6.07, 6.45) is 0. The first-order valence-electron chi connectivity index (χ1n) is 5.05. The minimum absolute atomic E-state index is 0.161. The average molecular weight is 273 g/mol. The molecule has 1 rings (SSSR count). The van der Waals surface area contributed by atoms with Gasteiger partial charge in [0, 0.05) is 17.0 Å². The molecular formula is C12H17BrO2. The maximum Gasteiger partial charge on any atom is 0.119 e. The molecule has 1 atom stereocenters. The molecule has 0 aromatic heterocycles. The highest BCUT2D eigenvalue weighted by atomic mass is 79.9. The fourth-order valence-electron chi connectivity index (χ4n) is 1.28. The summed E-state index contributed by atoms with van der Waals surface area (Å²) in [5, 5.41) is 8.88. The average Bonchev–Trinajstić information content (AvgIpc) is 2.22. The molecule has 0 amide bonds. The van der Waals surface area contributed by atoms with Gasteiger partial charge in [-0.05, 0) is 37.1 Å². The standard InChI is InChI=1S/C12H17BrO2/c1-8(6-14)7-15-11-4-9(2)12(13)10(3)5-11/h4-5,8,14H,6-7H2,1-3H3. The Morgan fingerprint density at radius 2 is 1.87 bits per heavy atom. The van der Waals surface area contributed by atoms with Crippen molar-refractivity contribution in [1.29, 1.82) is 0 Å². The quantitative estimate of drug-likeness (QED) is 0.913. The lowest BCUT2D eigenvalue weighted by atomic mass is 10.1. The predicted molar refractivity (Wildman–Crippen MR) is 65.4 cm³/mol. The predicted octanol–water partition coefficient (Wildman–Crippen LogP) is 3.07. The van der Waals surface area contributed by atoms with Crippen LogP contribution >= 0.6 is 15.9 Å². The molecule has 2 nitrogen and oxygen atoms in total. The Labute approximate surface area is 99.4 Å². The van der Waals surface area contributed by atoms with E-state index in [1.807, 2.05) is 32.9 Å². The lowest BCUT2D eigenvalue weighted by molar-refractivity contribution is 0.174. The van der Waals surface area contributed by atoms with Gasteiger partial charge in [0.15, 0.2) is 0 Å². The molecule has 0 spiro atoms. The summed E-state index contributed by atoms with van der Waals surface area (Å²) in [6, 6.07) is 4.00. The molecule has 84 valence electrons. The fraction of sp³-hybridized carbons (Fsp3) is 0.500. The van der Waals surface area contributed by atoms with E-state index in [0.29, 0.717) is 6.61 Å². The van der Waals surface area contributed by atoms with Crippen LogP contribution in [0.5, 0.6) is 5.75 Å². The third kappa shape index (κ3) is 3.50. The molecule has 0 aliphatic carbocycles. The largest absolute Gasteiger partial charge is 0.493 e. The zero-order valence-corrected chi connectivity index (χ0v) is 11.0. The van der Waals surface area contributed by atoms with Crippen molar-refractivity contribution in [3.05, 3.63) is 27.7 Å². The van der Waals surface area contributed by atoms with Crippen molar-refractivity contribution in [3.8, 4) is 5.75 Å². The molecule has 0 bridgehead atoms. The van der Waals surface area contributed by atoms with Crippen LogP contribution in [0.15, 0.2) is 16.6 Å². The van der Waals surface area contributed by atoms with Gasteiger partial charge in [0.05, 0.1) is 6.61 Å². The van der Waals surface area contributed by atoms with Gasteiger partial charge in [0.25, 0.3) is 0 Å². The fourth-order valence-corrected chi connectivity index (χ4v) is 1.51. The van der Waals surface area contributed by atoms with Crippen molar-refractivity contribution in [2.24, 2.45) is 5.92 Å². The van der Waals surface area contributed by atoms with E-state index in [4.69, 9.17) is 9.84 Å². The highest BCUT2D eigenvalue weighted by Crippen LogP contribution is 2.26. The Balaban J connectivity index is 2.70. The van der Waals surface area contributed by atoms with Crippen LogP contribution in [0.4, 0.5) is 0 Å². The Bertz CT molecular complexity index is 313. The number of benzene rings is 1. The summed E-state index contributed by atoms with van der Waals surface area (Å²) in [4.78, 5) is 0. The molecule has 0 aliphatic rings. The van der Waals surface area contributed by atoms with Crippen molar-refractivity contribution >= 4 is 15.9 Å². The van der Waals surface area contributed by atoms with Crippen molar-refractivity contribution < 1.29 is 9.84 Å². The van der Waals surface area contributed by atoms with Gasteiger partial charge in [-0.15, -0.1) is 0 Å². The molecule has 0 saturated carbocycles. The lowest BCUT2D eigenvalue weighted by Crippen LogP contribution is -2.12. The van der Waals surface area contributed by atoms with Gasteiger partial charge in [0.2, 0.25) is 0 Å². The van der Waals surface area contributed by atoms with Crippen LogP contribution in [-0.2, 0) is 0 Å². The molecule has 1 aromatic carbocycles. The molecule has 0 saturated heterocycles. The number of hydrogen-bond acceptors (Lipinski definition) is 2. The third-order valence-electron chi connectivity index (χ3n) is 2.26. The van der Waals surface area contributed by atoms with E-state index < -0.39 is 0 Å². The Hall–Kier alpha value is -0.540. The maximum atomic E-state index is 8.88. The second-order valence-corrected chi connectivity index (χ2v) is 4.76. The highest BCUT2D eigenvalue weighted by molar-refractivity contribution is 9.10. The van der Waals surface area contributed by atoms with Gasteiger partial charge >= 0.3 is 0 Å². The number of rotatable bonds is 4. The van der Waals surface area contributed by atoms with Crippen LogP contribution in [0.25, 0.3) is 0 Å². The normalized spacial score (nSPS) is 12.6. The second-order valence-electron chi connectivity index (χ2n) is 3.97. The van der Waals surface area contributed by atoms with Crippen LogP contribution < -0.4 is 4.74 Å². The van der Waals surface area contributed by atoms with Crippen molar-refractivity contribution in [1.82, 2.24) is 0 Å². The number of halogens is 1. The molecule has 0 aliphatic heterocycles. The molecular weight excluding hydrogens is 256 g/mol. The molecule has 0 heterocycles. The zero-order chi connectivity index (χ0) is 11.4. The van der Waals surface area contributed by atoms with E-state index in [1.54, 1.807) is 0 Å². The molecule has 15 heavy (non-hydrogen) atoms. The first kappa shape index (κ1) is 12.5. The number of aliphatic hydroxyl groups is 1. The summed E-state index contributed by atoms with van der Waals surface area (Å²) < 4.78 is 6.72. The zero-order valence-electron chi connectivity index (χ0n) is 9.38. The summed E-state index contributed by atoms with van der Waals surface area (Å²) in [7, 11) is 0. The number of aliphatic hydroxyl groups excluding tert-OH is 1. The summed E-state index contributed by atoms with van der Waals surface area (Å²) in [5.74, 6) is 1.04. The van der Waals surface area contributed by atoms with Crippen LogP contribution in [0, 0.1) is 19.8 Å². The van der Waals surface area contributed by atoms with Crippen LogP contribution in [0.1, 0.15) is 18.1 Å². The smallest absolute Gasteiger partial charge is 0.119 e. The van der Waals surface area contributed by atoms with Crippen molar-refractivity contribution in [2.75, 3.05) is 13.2 Å². The van der Waals surface area contributed by atoms with Crippen molar-refractivity contribution in [3.63, 3.8) is 0 Å². The third-order valence-corrected chi connectivity index (χ3v) is 3.51. The van der Waals surface area contributed by atoms with Gasteiger partial charge in [-0.3, -0.25) is 0 Å². The van der Waals surface area contributed by atoms with Gasteiger partial charge < -0.3 is 9.84 Å². The van der Waals surface area contributed by atoms with E-state index in [2.05, 4.69) is 15.9 Å². The van der Waals surface area contributed by atoms with Gasteiger partial charge in [-0.25, -0.2) is 0 Å². The van der Waals surface area contributed by atoms with Crippen molar-refractivity contribution in [2.45, 2.75) is 20.8 Å². The molecule has 1 unspecified atom stereocenters. The number of aryl methyl sites for hydroxylation is 2. The SMILES string of the molecule is Cc1cc(OCC(C)CO)cc(C)c1Br. The lowest BCUT2D eigenvalue weighted by Gasteiger charge is -2.12. The molecule has 1 N–H and O–H groups in total. The monoisotopic (exact) mass is 272 g/mol. The number of hydrogen-bond donors (Lipinski definition) is 1. The molecule has 0 fully saturated rings. The molecule has 1 aromatic rings. The van der Waals surface area contributed by atoms with Crippen LogP contribution in [0.2, 0.25) is 0 Å². The summed E-state index contributed by atoms with van der Waals surface area (Å²) in [5.41, 5.74) is 2.34. The van der Waals surface area contributed by atoms with E-state index in [9.17, 15) is 0 Å². The Kier molecular flexibility index (Phi) is 4.61. The van der Waals surface area contributed by atoms with E-state index in [-0.39, 0.29) is 12.5 Å². The second kappa shape index (κ2) is 5.52. The minimum atomic E-state index is 0.161. The van der Waals surface area contributed by atoms with Gasteiger partial charge in [0.1, 0.15) is 5.75 Å². The summed E-state index contributed by atoms with van der Waals surface area (Å²) in [6.45, 7) is 6.75. The minimum Gasteiger partial charge on any atom is -0.493 e. The topological polar surface area (TPSA) is 29.5 Å². The Morgan fingerprint density at radius 1 is 1.33 bits per heavy atom. The van der Waals surface area contributed by atoms with Gasteiger partial charge in [-0.1, -0.05) is 22.9 Å². The first-order valence-corrected chi connectivity index (χ1v) is 5.84. The first-order chi connectivity index (χ1) is 7.04. The van der Waals surface area contributed by atoms with E-state index in [0.717, 1.165) is 10.2 Å². The molecule has 0 radical (unpaired) electrons. The van der Waals surface area contributed by atoms with Crippen LogP contribution in [-0.4, -0.2) is 18.3 Å². The van der Waals surface area contributed by atoms with E-state index >= 15 is 0 Å².